The monoisotopic (exact) mass is 669 g/mol. The molecule has 0 radical (unpaired) electrons. The quantitative estimate of drug-likeness (QED) is 0.0939. The molecule has 0 amide bonds. The van der Waals surface area contributed by atoms with E-state index in [4.69, 9.17) is 9.84 Å². The van der Waals surface area contributed by atoms with Crippen LogP contribution in [-0.2, 0) is 29.0 Å². The van der Waals surface area contributed by atoms with E-state index in [1.165, 1.54) is 29.2 Å². The number of hydrogen-bond donors (Lipinski definition) is 7. The number of nitrogens with one attached hydrogen (secondary N) is 1. The van der Waals surface area contributed by atoms with Crippen molar-refractivity contribution in [2.24, 2.45) is 0 Å². The van der Waals surface area contributed by atoms with Crippen LogP contribution in [0.5, 0.6) is 5.75 Å². The minimum atomic E-state index is -4.43. The van der Waals surface area contributed by atoms with Crippen LogP contribution in [0.15, 0.2) is 29.2 Å². The maximum atomic E-state index is 12.7. The lowest BCUT2D eigenvalue weighted by Crippen LogP contribution is -2.49. The number of hydrogen-bond acceptors (Lipinski definition) is 12. The third kappa shape index (κ3) is 15.3. The van der Waals surface area contributed by atoms with Gasteiger partial charge in [0, 0.05) is 65.4 Å². The molecule has 1 fully saturated rings. The summed E-state index contributed by atoms with van der Waals surface area (Å²) < 4.78 is 44.4. The maximum Gasteiger partial charge on any atom is 0.341 e. The largest absolute Gasteiger partial charge is 0.482 e. The van der Waals surface area contributed by atoms with E-state index < -0.39 is 54.5 Å². The van der Waals surface area contributed by atoms with Gasteiger partial charge in [-0.1, -0.05) is 0 Å². The van der Waals surface area contributed by atoms with E-state index in [9.17, 15) is 52.5 Å². The lowest BCUT2D eigenvalue weighted by molar-refractivity contribution is -0.140. The number of nitrogens with zero attached hydrogens (tertiary/aromatic N) is 4. The number of rotatable bonds is 15. The van der Waals surface area contributed by atoms with E-state index in [-0.39, 0.29) is 89.2 Å². The van der Waals surface area contributed by atoms with Crippen molar-refractivity contribution >= 4 is 35.5 Å². The van der Waals surface area contributed by atoms with Gasteiger partial charge in [-0.2, -0.15) is 0 Å². The Bertz CT molecular complexity index is 1220. The molecule has 1 unspecified atom stereocenters. The average Bonchev–Trinajstić information content (AvgIpc) is 2.91. The van der Waals surface area contributed by atoms with E-state index in [2.05, 4.69) is 4.72 Å². The first-order chi connectivity index (χ1) is 20.5. The van der Waals surface area contributed by atoms with Crippen LogP contribution in [0.2, 0.25) is 0 Å². The van der Waals surface area contributed by atoms with E-state index in [1.54, 1.807) is 14.7 Å². The van der Waals surface area contributed by atoms with Crippen molar-refractivity contribution in [2.45, 2.75) is 11.0 Å². The van der Waals surface area contributed by atoms with Gasteiger partial charge in [-0.25, -0.2) is 17.9 Å². The van der Waals surface area contributed by atoms with E-state index in [0.717, 1.165) is 0 Å². The highest BCUT2D eigenvalue weighted by Crippen LogP contribution is 2.34. The Hall–Kier alpha value is -2.71. The molecule has 0 spiro atoms. The number of carbonyl (C=O) groups is 3. The van der Waals surface area contributed by atoms with Crippen molar-refractivity contribution in [3.8, 4) is 5.75 Å². The zero-order valence-electron chi connectivity index (χ0n) is 24.0. The van der Waals surface area contributed by atoms with Crippen LogP contribution in [0.1, 0.15) is 0 Å². The molecule has 0 aromatic heterocycles. The predicted octanol–water partition coefficient (Wildman–Crippen LogP) is -2.68. The van der Waals surface area contributed by atoms with Gasteiger partial charge in [0.15, 0.2) is 6.61 Å². The van der Waals surface area contributed by atoms with Gasteiger partial charge in [0.2, 0.25) is 10.0 Å². The number of aliphatic carboxylic acids is 3. The van der Waals surface area contributed by atoms with Crippen molar-refractivity contribution < 1.29 is 62.3 Å². The second-order valence-corrected chi connectivity index (χ2v) is 13.6. The molecule has 1 aromatic carbocycles. The zero-order valence-corrected chi connectivity index (χ0v) is 25.7. The van der Waals surface area contributed by atoms with Gasteiger partial charge in [-0.05, 0) is 24.3 Å². The summed E-state index contributed by atoms with van der Waals surface area (Å²) in [7, 11) is -8.48. The highest BCUT2D eigenvalue weighted by atomic mass is 32.2. The Morgan fingerprint density at radius 3 is 1.68 bits per heavy atom. The smallest absolute Gasteiger partial charge is 0.341 e. The molecule has 1 saturated heterocycles. The Morgan fingerprint density at radius 1 is 0.795 bits per heavy atom. The molecule has 18 nitrogen and oxygen atoms in total. The second kappa shape index (κ2) is 17.7. The lowest BCUT2D eigenvalue weighted by Gasteiger charge is -2.34. The van der Waals surface area contributed by atoms with E-state index in [1.807, 2.05) is 0 Å². The summed E-state index contributed by atoms with van der Waals surface area (Å²) in [5.41, 5.74) is 0. The first-order valence-electron chi connectivity index (χ1n) is 13.5. The summed E-state index contributed by atoms with van der Waals surface area (Å²) in [5, 5.41) is 38.1. The molecule has 1 atom stereocenters. The average molecular weight is 670 g/mol. The van der Waals surface area contributed by atoms with Gasteiger partial charge in [0.05, 0.1) is 24.1 Å². The van der Waals surface area contributed by atoms with Crippen molar-refractivity contribution in [2.75, 3.05) is 91.4 Å². The maximum absolute atomic E-state index is 12.7. The third-order valence-corrected chi connectivity index (χ3v) is 8.71. The van der Waals surface area contributed by atoms with Crippen LogP contribution in [0.25, 0.3) is 0 Å². The summed E-state index contributed by atoms with van der Waals surface area (Å²) in [6.45, 7) is -0.270. The summed E-state index contributed by atoms with van der Waals surface area (Å²) in [6.07, 6.45) is -1.76. The highest BCUT2D eigenvalue weighted by Gasteiger charge is 2.24. The van der Waals surface area contributed by atoms with Crippen LogP contribution in [0, 0.1) is 0 Å². The van der Waals surface area contributed by atoms with Crippen LogP contribution >= 0.6 is 7.60 Å². The molecule has 0 saturated carbocycles. The second-order valence-electron chi connectivity index (χ2n) is 10.2. The highest BCUT2D eigenvalue weighted by molar-refractivity contribution is 7.89. The normalized spacial score (nSPS) is 18.2. The Labute approximate surface area is 254 Å². The van der Waals surface area contributed by atoms with Crippen LogP contribution in [-0.4, -0.2) is 174 Å². The minimum Gasteiger partial charge on any atom is -0.482 e. The van der Waals surface area contributed by atoms with Crippen molar-refractivity contribution in [1.82, 2.24) is 24.3 Å². The molecule has 250 valence electrons. The molecular weight excluding hydrogens is 629 g/mol. The molecule has 1 aliphatic heterocycles. The third-order valence-electron chi connectivity index (χ3n) is 6.51. The van der Waals surface area contributed by atoms with Gasteiger partial charge < -0.3 is 34.9 Å². The number of ether oxygens (including phenoxy) is 1. The Balaban J connectivity index is 2.08. The first kappa shape index (κ1) is 37.5. The fourth-order valence-electron chi connectivity index (χ4n) is 4.37. The molecule has 44 heavy (non-hydrogen) atoms. The van der Waals surface area contributed by atoms with Crippen molar-refractivity contribution in [3.63, 3.8) is 0 Å². The molecule has 1 heterocycles. The van der Waals surface area contributed by atoms with Crippen molar-refractivity contribution in [3.05, 3.63) is 24.3 Å². The zero-order chi connectivity index (χ0) is 32.9. The van der Waals surface area contributed by atoms with Crippen LogP contribution < -0.4 is 9.46 Å². The number of carboxylic acid groups (broad SMARTS) is 3. The predicted molar refractivity (Wildman–Crippen MR) is 154 cm³/mol. The van der Waals surface area contributed by atoms with Gasteiger partial charge in [0.1, 0.15) is 12.0 Å². The van der Waals surface area contributed by atoms with E-state index in [0.29, 0.717) is 0 Å². The van der Waals surface area contributed by atoms with Crippen LogP contribution in [0.4, 0.5) is 0 Å². The number of carboxylic acids is 3. The number of benzene rings is 1. The molecule has 0 aliphatic carbocycles. The molecule has 20 heteroatoms. The number of aliphatic hydroxyl groups is 1. The van der Waals surface area contributed by atoms with Gasteiger partial charge >= 0.3 is 25.5 Å². The van der Waals surface area contributed by atoms with Gasteiger partial charge in [0.25, 0.3) is 0 Å². The molecule has 1 aromatic rings. The molecular formula is C24H40N5O13PS. The minimum absolute atomic E-state index is 0.0311. The first-order valence-corrected chi connectivity index (χ1v) is 16.8. The Morgan fingerprint density at radius 2 is 1.25 bits per heavy atom. The summed E-state index contributed by atoms with van der Waals surface area (Å²) in [5.74, 6) is -3.24. The Kier molecular flexibility index (Phi) is 15.1. The fraction of sp³-hybridized carbons (Fsp3) is 0.625. The lowest BCUT2D eigenvalue weighted by atomic mass is 10.3. The number of sulfonamides is 1. The summed E-state index contributed by atoms with van der Waals surface area (Å²) in [6, 6.07) is 5.03. The number of aliphatic hydroxyl groups excluding tert-OH is 1. The standard InChI is InChI=1S/C24H40N5O13PS/c30-19(13-25-44(40,41)21-3-1-20(2-4-21)42-17-24(35)36)14-26-5-7-27(15-22(31)32)9-11-29(18-43(37,38)39)12-10-28(8-6-26)16-23(33)34/h1-4,19,25,30H,5-18H2,(H,31,32)(H,33,34)(H,35,36)(H2,37,38,39). The molecule has 2 rings (SSSR count). The fourth-order valence-corrected chi connectivity index (χ4v) is 6.25. The molecule has 7 N–H and O–H groups in total. The topological polar surface area (TPSA) is 258 Å². The van der Waals surface area contributed by atoms with Gasteiger partial charge in [-0.3, -0.25) is 33.8 Å². The summed E-state index contributed by atoms with van der Waals surface area (Å²) >= 11 is 0. The number of β-amino-alcohol motifs (C(OH)–C–C–N with tert-alkyl or cyclic N) is 1. The van der Waals surface area contributed by atoms with Gasteiger partial charge in [-0.15, -0.1) is 0 Å². The molecule has 1 aliphatic rings. The summed E-state index contributed by atoms with van der Waals surface area (Å²) in [4.78, 5) is 58.7. The SMILES string of the molecule is O=C(O)COc1ccc(S(=O)(=O)NCC(O)CN2CCN(CC(=O)O)CCN(CP(=O)(O)O)CCN(CC(=O)O)CC2)cc1. The molecule has 0 bridgehead atoms. The van der Waals surface area contributed by atoms with Crippen molar-refractivity contribution in [1.29, 1.82) is 0 Å². The van der Waals surface area contributed by atoms with E-state index >= 15 is 0 Å². The van der Waals surface area contributed by atoms with Crippen LogP contribution in [0.3, 0.4) is 0 Å².